The first-order valence-corrected chi connectivity index (χ1v) is 8.59. The van der Waals surface area contributed by atoms with Gasteiger partial charge >= 0.3 is 0 Å². The zero-order valence-corrected chi connectivity index (χ0v) is 13.6. The third kappa shape index (κ3) is 3.84. The molecule has 3 N–H and O–H groups in total. The lowest BCUT2D eigenvalue weighted by molar-refractivity contribution is 0.0944. The van der Waals surface area contributed by atoms with Crippen molar-refractivity contribution < 1.29 is 9.53 Å². The minimum Gasteiger partial charge on any atom is -0.496 e. The van der Waals surface area contributed by atoms with E-state index in [1.54, 1.807) is 25.3 Å². The van der Waals surface area contributed by atoms with Gasteiger partial charge in [-0.15, -0.1) is 0 Å². The molecule has 116 valence electrons. The van der Waals surface area contributed by atoms with Crippen LogP contribution in [-0.2, 0) is 0 Å². The SMILES string of the molecule is COc1cc(N)ccc1C(=O)NCC1(SC)CCCCC1. The van der Waals surface area contributed by atoms with Gasteiger partial charge in [-0.25, -0.2) is 0 Å². The Morgan fingerprint density at radius 1 is 1.38 bits per heavy atom. The van der Waals surface area contributed by atoms with E-state index in [1.165, 1.54) is 32.1 Å². The predicted octanol–water partition coefficient (Wildman–Crippen LogP) is 3.07. The van der Waals surface area contributed by atoms with Gasteiger partial charge in [-0.2, -0.15) is 11.8 Å². The molecule has 0 heterocycles. The number of nitrogen functional groups attached to an aromatic ring is 1. The molecule has 0 unspecified atom stereocenters. The molecule has 1 aromatic rings. The number of benzene rings is 1. The second-order valence-corrected chi connectivity index (χ2v) is 6.86. The van der Waals surface area contributed by atoms with Gasteiger partial charge in [-0.05, 0) is 31.2 Å². The minimum atomic E-state index is -0.0918. The zero-order valence-electron chi connectivity index (χ0n) is 12.8. The molecule has 1 aliphatic carbocycles. The van der Waals surface area contributed by atoms with Gasteiger partial charge in [0, 0.05) is 23.0 Å². The Hall–Kier alpha value is -1.36. The molecule has 0 aliphatic heterocycles. The first-order valence-electron chi connectivity index (χ1n) is 7.37. The maximum Gasteiger partial charge on any atom is 0.255 e. The topological polar surface area (TPSA) is 64.3 Å². The highest BCUT2D eigenvalue weighted by Crippen LogP contribution is 2.38. The summed E-state index contributed by atoms with van der Waals surface area (Å²) in [6, 6.07) is 5.12. The first-order chi connectivity index (χ1) is 10.1. The number of carbonyl (C=O) groups excluding carboxylic acids is 1. The molecule has 1 aromatic carbocycles. The average Bonchev–Trinajstić information content (AvgIpc) is 2.53. The van der Waals surface area contributed by atoms with Gasteiger partial charge in [0.2, 0.25) is 0 Å². The normalized spacial score (nSPS) is 17.2. The summed E-state index contributed by atoms with van der Waals surface area (Å²) >= 11 is 1.88. The van der Waals surface area contributed by atoms with Gasteiger partial charge in [0.1, 0.15) is 5.75 Å². The van der Waals surface area contributed by atoms with Crippen molar-refractivity contribution in [2.24, 2.45) is 0 Å². The maximum absolute atomic E-state index is 12.4. The molecule has 4 nitrogen and oxygen atoms in total. The Kier molecular flexibility index (Phi) is 5.39. The largest absolute Gasteiger partial charge is 0.496 e. The molecule has 1 saturated carbocycles. The predicted molar refractivity (Wildman–Crippen MR) is 89.1 cm³/mol. The number of rotatable bonds is 5. The third-order valence-corrected chi connectivity index (χ3v) is 5.66. The molecular formula is C16H24N2O2S. The smallest absolute Gasteiger partial charge is 0.255 e. The Bertz CT molecular complexity index is 499. The summed E-state index contributed by atoms with van der Waals surface area (Å²) in [6.07, 6.45) is 8.30. The van der Waals surface area contributed by atoms with E-state index in [0.717, 1.165) is 0 Å². The van der Waals surface area contributed by atoms with Crippen LogP contribution in [0.15, 0.2) is 18.2 Å². The van der Waals surface area contributed by atoms with Crippen molar-refractivity contribution in [1.82, 2.24) is 5.32 Å². The van der Waals surface area contributed by atoms with Crippen molar-refractivity contribution in [2.75, 3.05) is 25.6 Å². The average molecular weight is 308 g/mol. The van der Waals surface area contributed by atoms with Gasteiger partial charge in [-0.3, -0.25) is 4.79 Å². The van der Waals surface area contributed by atoms with E-state index in [1.807, 2.05) is 11.8 Å². The number of nitrogens with two attached hydrogens (primary N) is 1. The number of carbonyl (C=O) groups is 1. The first kappa shape index (κ1) is 16.0. The number of hydrogen-bond acceptors (Lipinski definition) is 4. The number of hydrogen-bond donors (Lipinski definition) is 2. The molecule has 5 heteroatoms. The van der Waals surface area contributed by atoms with E-state index in [-0.39, 0.29) is 10.7 Å². The van der Waals surface area contributed by atoms with Crippen LogP contribution >= 0.6 is 11.8 Å². The monoisotopic (exact) mass is 308 g/mol. The van der Waals surface area contributed by atoms with Crippen LogP contribution in [-0.4, -0.2) is 30.6 Å². The Morgan fingerprint density at radius 2 is 2.10 bits per heavy atom. The molecule has 0 bridgehead atoms. The second kappa shape index (κ2) is 7.07. The lowest BCUT2D eigenvalue weighted by Gasteiger charge is -2.35. The van der Waals surface area contributed by atoms with Crippen LogP contribution < -0.4 is 15.8 Å². The molecule has 1 amide bonds. The van der Waals surface area contributed by atoms with Crippen LogP contribution in [0, 0.1) is 0 Å². The highest BCUT2D eigenvalue weighted by molar-refractivity contribution is 8.00. The molecule has 1 fully saturated rings. The zero-order chi connectivity index (χ0) is 15.3. The summed E-state index contributed by atoms with van der Waals surface area (Å²) in [7, 11) is 1.55. The quantitative estimate of drug-likeness (QED) is 0.821. The van der Waals surface area contributed by atoms with Crippen molar-refractivity contribution in [2.45, 2.75) is 36.9 Å². The van der Waals surface area contributed by atoms with Crippen LogP contribution in [0.1, 0.15) is 42.5 Å². The van der Waals surface area contributed by atoms with E-state index in [4.69, 9.17) is 10.5 Å². The number of nitrogens with one attached hydrogen (secondary N) is 1. The minimum absolute atomic E-state index is 0.0918. The van der Waals surface area contributed by atoms with Crippen LogP contribution in [0.4, 0.5) is 5.69 Å². The van der Waals surface area contributed by atoms with Crippen molar-refractivity contribution in [1.29, 1.82) is 0 Å². The van der Waals surface area contributed by atoms with Crippen molar-refractivity contribution >= 4 is 23.4 Å². The number of amides is 1. The molecule has 0 radical (unpaired) electrons. The van der Waals surface area contributed by atoms with Crippen molar-refractivity contribution in [3.63, 3.8) is 0 Å². The fourth-order valence-corrected chi connectivity index (χ4v) is 3.79. The van der Waals surface area contributed by atoms with Crippen LogP contribution in [0.25, 0.3) is 0 Å². The van der Waals surface area contributed by atoms with Crippen molar-refractivity contribution in [3.05, 3.63) is 23.8 Å². The Labute approximate surface area is 130 Å². The van der Waals surface area contributed by atoms with Crippen LogP contribution in [0.2, 0.25) is 0 Å². The summed E-state index contributed by atoms with van der Waals surface area (Å²) in [5.41, 5.74) is 6.86. The van der Waals surface area contributed by atoms with E-state index < -0.39 is 0 Å². The molecule has 0 aromatic heterocycles. The van der Waals surface area contributed by atoms with E-state index in [0.29, 0.717) is 23.5 Å². The summed E-state index contributed by atoms with van der Waals surface area (Å²) in [5.74, 6) is 0.431. The molecule has 0 atom stereocenters. The van der Waals surface area contributed by atoms with Gasteiger partial charge in [0.05, 0.1) is 12.7 Å². The highest BCUT2D eigenvalue weighted by atomic mass is 32.2. The van der Waals surface area contributed by atoms with Gasteiger partial charge in [0.25, 0.3) is 5.91 Å². The molecule has 0 spiro atoms. The summed E-state index contributed by atoms with van der Waals surface area (Å²) < 4.78 is 5.43. The van der Waals surface area contributed by atoms with Crippen LogP contribution in [0.5, 0.6) is 5.75 Å². The number of thioether (sulfide) groups is 1. The number of methoxy groups -OCH3 is 1. The van der Waals surface area contributed by atoms with E-state index in [2.05, 4.69) is 11.6 Å². The molecule has 2 rings (SSSR count). The molecule has 0 saturated heterocycles. The second-order valence-electron chi connectivity index (χ2n) is 5.59. The molecule has 21 heavy (non-hydrogen) atoms. The Balaban J connectivity index is 2.04. The van der Waals surface area contributed by atoms with Gasteiger partial charge in [0.15, 0.2) is 0 Å². The van der Waals surface area contributed by atoms with Gasteiger partial charge < -0.3 is 15.8 Å². The molecule has 1 aliphatic rings. The fraction of sp³-hybridized carbons (Fsp3) is 0.562. The summed E-state index contributed by atoms with van der Waals surface area (Å²) in [4.78, 5) is 12.4. The number of anilines is 1. The molecular weight excluding hydrogens is 284 g/mol. The lowest BCUT2D eigenvalue weighted by atomic mass is 9.88. The van der Waals surface area contributed by atoms with Crippen LogP contribution in [0.3, 0.4) is 0 Å². The standard InChI is InChI=1S/C16H24N2O2S/c1-20-14-10-12(17)6-7-13(14)15(19)18-11-16(21-2)8-4-3-5-9-16/h6-7,10H,3-5,8-9,11,17H2,1-2H3,(H,18,19). The lowest BCUT2D eigenvalue weighted by Crippen LogP contribution is -2.41. The highest BCUT2D eigenvalue weighted by Gasteiger charge is 2.31. The maximum atomic E-state index is 12.4. The summed E-state index contributed by atoms with van der Waals surface area (Å²) in [5, 5.41) is 3.07. The van der Waals surface area contributed by atoms with E-state index >= 15 is 0 Å². The Morgan fingerprint density at radius 3 is 2.71 bits per heavy atom. The fourth-order valence-electron chi connectivity index (χ4n) is 2.88. The number of ether oxygens (including phenoxy) is 1. The van der Waals surface area contributed by atoms with Crippen molar-refractivity contribution in [3.8, 4) is 5.75 Å². The van der Waals surface area contributed by atoms with E-state index in [9.17, 15) is 4.79 Å². The third-order valence-electron chi connectivity index (χ3n) is 4.24. The van der Waals surface area contributed by atoms with Gasteiger partial charge in [-0.1, -0.05) is 19.3 Å². The summed E-state index contributed by atoms with van der Waals surface area (Å²) in [6.45, 7) is 0.709.